The summed E-state index contributed by atoms with van der Waals surface area (Å²) in [5.74, 6) is 0.571. The molecule has 0 bridgehead atoms. The number of nitrogens with zero attached hydrogens (tertiary/aromatic N) is 3. The molecule has 4 atom stereocenters. The smallest absolute Gasteiger partial charge is 0.416 e. The molecule has 0 saturated carbocycles. The molecular formula is C29H34F6N4O3. The molecule has 1 N–H and O–H groups in total. The highest BCUT2D eigenvalue weighted by Gasteiger charge is 2.43. The first-order valence-corrected chi connectivity index (χ1v) is 14.2. The number of cyclic esters (lactones) is 1. The number of nitrogens with one attached hydrogen (secondary N) is 1. The van der Waals surface area contributed by atoms with Gasteiger partial charge in [-0.15, -0.1) is 0 Å². The molecule has 0 radical (unpaired) electrons. The largest absolute Gasteiger partial charge is 0.439 e. The maximum absolute atomic E-state index is 13.5. The Morgan fingerprint density at radius 3 is 2.31 bits per heavy atom. The first kappa shape index (κ1) is 30.2. The Bertz CT molecular complexity index is 1250. The number of aromatic nitrogens is 1. The first-order valence-electron chi connectivity index (χ1n) is 14.2. The molecule has 2 unspecified atom stereocenters. The summed E-state index contributed by atoms with van der Waals surface area (Å²) in [5.41, 5.74) is -1.70. The number of benzene rings is 1. The topological polar surface area (TPSA) is 66.9 Å². The van der Waals surface area contributed by atoms with Gasteiger partial charge in [0.1, 0.15) is 11.9 Å². The molecule has 13 heteroatoms. The van der Waals surface area contributed by atoms with E-state index in [1.165, 1.54) is 4.90 Å². The average Bonchev–Trinajstić information content (AvgIpc) is 3.57. The molecule has 4 heterocycles. The Labute approximate surface area is 240 Å². The van der Waals surface area contributed by atoms with Crippen molar-refractivity contribution in [3.05, 3.63) is 52.7 Å². The van der Waals surface area contributed by atoms with E-state index in [-0.39, 0.29) is 30.3 Å². The van der Waals surface area contributed by atoms with E-state index in [1.807, 2.05) is 6.07 Å². The number of alkyl halides is 6. The van der Waals surface area contributed by atoms with Crippen LogP contribution in [0.15, 0.2) is 30.5 Å². The van der Waals surface area contributed by atoms with Crippen LogP contribution < -0.4 is 10.2 Å². The number of anilines is 2. The Hall–Kier alpha value is -3.22. The maximum atomic E-state index is 13.5. The fraction of sp³-hybridized carbons (Fsp3) is 0.586. The van der Waals surface area contributed by atoms with Crippen LogP contribution >= 0.6 is 0 Å². The van der Waals surface area contributed by atoms with Gasteiger partial charge in [0.25, 0.3) is 0 Å². The Kier molecular flexibility index (Phi) is 8.51. The summed E-state index contributed by atoms with van der Waals surface area (Å²) in [4.78, 5) is 21.3. The summed E-state index contributed by atoms with van der Waals surface area (Å²) in [6.45, 7) is 5.96. The number of halogens is 6. The highest BCUT2D eigenvalue weighted by Crippen LogP contribution is 2.41. The predicted molar refractivity (Wildman–Crippen MR) is 143 cm³/mol. The second-order valence-corrected chi connectivity index (χ2v) is 11.2. The lowest BCUT2D eigenvalue weighted by Crippen LogP contribution is -2.35. The standard InChI is InChI=1S/C29H34F6N4O3/c1-3-24-14-22(6-9-41-24)37-26-19(12-23(15-36-26)38-7-4-5-8-38)16-39-17(2)25(42-27(39)40)18-10-20(28(30,31)32)13-21(11-18)29(33,34)35/h10-13,15,17,22,24-25H,3-9,14,16H2,1-2H3,(H,36,37)/t17-,22?,24?,25-/m0/s1. The zero-order valence-electron chi connectivity index (χ0n) is 23.4. The molecular weight excluding hydrogens is 566 g/mol. The van der Waals surface area contributed by atoms with E-state index < -0.39 is 41.7 Å². The molecule has 3 aliphatic rings. The maximum Gasteiger partial charge on any atom is 0.416 e. The number of ether oxygens (including phenoxy) is 2. The highest BCUT2D eigenvalue weighted by atomic mass is 19.4. The third-order valence-electron chi connectivity index (χ3n) is 8.26. The number of rotatable bonds is 7. The molecule has 42 heavy (non-hydrogen) atoms. The monoisotopic (exact) mass is 600 g/mol. The number of amides is 1. The van der Waals surface area contributed by atoms with Crippen molar-refractivity contribution in [2.24, 2.45) is 0 Å². The van der Waals surface area contributed by atoms with Gasteiger partial charge in [0.2, 0.25) is 0 Å². The SMILES string of the molecule is CCC1CC(Nc2ncc(N3CCCC3)cc2CN2C(=O)O[C@H](c3cc(C(F)(F)F)cc(C(F)(F)F)c3)[C@@H]2C)CCO1. The van der Waals surface area contributed by atoms with Gasteiger partial charge in [0.05, 0.1) is 41.7 Å². The molecule has 0 aliphatic carbocycles. The quantitative estimate of drug-likeness (QED) is 0.340. The van der Waals surface area contributed by atoms with Crippen LogP contribution in [-0.2, 0) is 28.4 Å². The molecule has 5 rings (SSSR count). The van der Waals surface area contributed by atoms with Gasteiger partial charge >= 0.3 is 18.4 Å². The van der Waals surface area contributed by atoms with Crippen LogP contribution in [0.5, 0.6) is 0 Å². The van der Waals surface area contributed by atoms with E-state index in [9.17, 15) is 31.1 Å². The predicted octanol–water partition coefficient (Wildman–Crippen LogP) is 7.17. The van der Waals surface area contributed by atoms with Crippen LogP contribution in [0.2, 0.25) is 0 Å². The van der Waals surface area contributed by atoms with Crippen molar-refractivity contribution in [1.29, 1.82) is 0 Å². The summed E-state index contributed by atoms with van der Waals surface area (Å²) in [6, 6.07) is 2.48. The van der Waals surface area contributed by atoms with Crippen molar-refractivity contribution in [3.63, 3.8) is 0 Å². The fourth-order valence-corrected chi connectivity index (χ4v) is 5.87. The van der Waals surface area contributed by atoms with Crippen LogP contribution in [-0.4, -0.2) is 53.9 Å². The van der Waals surface area contributed by atoms with Gasteiger partial charge in [0, 0.05) is 31.3 Å². The summed E-state index contributed by atoms with van der Waals surface area (Å²) in [5, 5.41) is 3.49. The first-order chi connectivity index (χ1) is 19.8. The minimum absolute atomic E-state index is 0.0129. The van der Waals surface area contributed by atoms with Gasteiger partial charge in [-0.25, -0.2) is 9.78 Å². The van der Waals surface area contributed by atoms with E-state index in [1.54, 1.807) is 13.1 Å². The number of carbonyl (C=O) groups excluding carboxylic acids is 1. The third-order valence-corrected chi connectivity index (χ3v) is 8.26. The number of hydrogen-bond acceptors (Lipinski definition) is 6. The van der Waals surface area contributed by atoms with E-state index in [4.69, 9.17) is 14.5 Å². The van der Waals surface area contributed by atoms with Gasteiger partial charge < -0.3 is 19.7 Å². The van der Waals surface area contributed by atoms with Gasteiger partial charge in [-0.05, 0) is 68.9 Å². The van der Waals surface area contributed by atoms with E-state index in [2.05, 4.69) is 17.1 Å². The zero-order chi connectivity index (χ0) is 30.2. The molecule has 1 aromatic heterocycles. The summed E-state index contributed by atoms with van der Waals surface area (Å²) in [6.07, 6.45) is -5.75. The minimum Gasteiger partial charge on any atom is -0.439 e. The highest BCUT2D eigenvalue weighted by molar-refractivity contribution is 5.72. The Morgan fingerprint density at radius 1 is 1.02 bits per heavy atom. The van der Waals surface area contributed by atoms with Gasteiger partial charge in [-0.1, -0.05) is 6.92 Å². The molecule has 0 spiro atoms. The molecule has 2 aromatic rings. The van der Waals surface area contributed by atoms with E-state index >= 15 is 0 Å². The lowest BCUT2D eigenvalue weighted by atomic mass is 9.97. The van der Waals surface area contributed by atoms with Gasteiger partial charge in [-0.2, -0.15) is 26.3 Å². The van der Waals surface area contributed by atoms with Crippen LogP contribution in [0, 0.1) is 0 Å². The number of hydrogen-bond donors (Lipinski definition) is 1. The van der Waals surface area contributed by atoms with Crippen molar-refractivity contribution in [3.8, 4) is 0 Å². The lowest BCUT2D eigenvalue weighted by molar-refractivity contribution is -0.143. The Balaban J connectivity index is 1.43. The molecule has 3 saturated heterocycles. The minimum atomic E-state index is -5.01. The summed E-state index contributed by atoms with van der Waals surface area (Å²) < 4.78 is 92.2. The normalized spacial score (nSPS) is 25.2. The molecule has 230 valence electrons. The third kappa shape index (κ3) is 6.55. The zero-order valence-corrected chi connectivity index (χ0v) is 23.4. The van der Waals surface area contributed by atoms with Crippen LogP contribution in [0.1, 0.15) is 74.3 Å². The lowest BCUT2D eigenvalue weighted by Gasteiger charge is -2.31. The second-order valence-electron chi connectivity index (χ2n) is 11.2. The number of pyridine rings is 1. The molecule has 7 nitrogen and oxygen atoms in total. The van der Waals surface area contributed by atoms with Crippen LogP contribution in [0.4, 0.5) is 42.6 Å². The van der Waals surface area contributed by atoms with Crippen molar-refractivity contribution in [2.75, 3.05) is 29.9 Å². The van der Waals surface area contributed by atoms with Crippen molar-refractivity contribution < 1.29 is 40.6 Å². The summed E-state index contributed by atoms with van der Waals surface area (Å²) in [7, 11) is 0. The average molecular weight is 601 g/mol. The van der Waals surface area contributed by atoms with Crippen LogP contribution in [0.25, 0.3) is 0 Å². The van der Waals surface area contributed by atoms with E-state index in [0.717, 1.165) is 50.9 Å². The molecule has 1 aromatic carbocycles. The second kappa shape index (κ2) is 11.8. The fourth-order valence-electron chi connectivity index (χ4n) is 5.87. The van der Waals surface area contributed by atoms with E-state index in [0.29, 0.717) is 30.1 Å². The molecule has 1 amide bonds. The Morgan fingerprint density at radius 2 is 1.69 bits per heavy atom. The van der Waals surface area contributed by atoms with Crippen molar-refractivity contribution in [2.45, 2.75) is 89.1 Å². The number of carbonyl (C=O) groups is 1. The summed E-state index contributed by atoms with van der Waals surface area (Å²) >= 11 is 0. The molecule has 3 aliphatic heterocycles. The van der Waals surface area contributed by atoms with Crippen LogP contribution in [0.3, 0.4) is 0 Å². The van der Waals surface area contributed by atoms with Crippen molar-refractivity contribution in [1.82, 2.24) is 9.88 Å². The molecule has 3 fully saturated rings. The van der Waals surface area contributed by atoms with Gasteiger partial charge in [-0.3, -0.25) is 4.90 Å². The van der Waals surface area contributed by atoms with Gasteiger partial charge in [0.15, 0.2) is 0 Å². The van der Waals surface area contributed by atoms with Crippen molar-refractivity contribution >= 4 is 17.6 Å².